The summed E-state index contributed by atoms with van der Waals surface area (Å²) < 4.78 is 1.62. The molecule has 0 aliphatic rings. The van der Waals surface area contributed by atoms with E-state index in [-0.39, 0.29) is 5.56 Å². The fraction of sp³-hybridized carbons (Fsp3) is 0.0500. The lowest BCUT2D eigenvalue weighted by molar-refractivity contribution is 0.748. The summed E-state index contributed by atoms with van der Waals surface area (Å²) >= 11 is 0. The van der Waals surface area contributed by atoms with Crippen LogP contribution in [0.1, 0.15) is 5.56 Å². The first-order valence-electron chi connectivity index (χ1n) is 7.75. The van der Waals surface area contributed by atoms with Gasteiger partial charge in [0.1, 0.15) is 0 Å². The summed E-state index contributed by atoms with van der Waals surface area (Å²) in [5, 5.41) is 0.591. The van der Waals surface area contributed by atoms with E-state index in [1.54, 1.807) is 29.4 Å². The van der Waals surface area contributed by atoms with Crippen LogP contribution in [0.4, 0.5) is 0 Å². The molecule has 0 amide bonds. The molecule has 4 heteroatoms. The lowest BCUT2D eigenvalue weighted by Gasteiger charge is -2.08. The van der Waals surface area contributed by atoms with E-state index in [4.69, 9.17) is 0 Å². The van der Waals surface area contributed by atoms with E-state index in [9.17, 15) is 4.79 Å². The molecule has 0 spiro atoms. The Hall–Kier alpha value is -3.27. The molecule has 4 nitrogen and oxygen atoms in total. The largest absolute Gasteiger partial charge is 0.294 e. The van der Waals surface area contributed by atoms with E-state index in [0.717, 1.165) is 11.1 Å². The molecule has 4 rings (SSSR count). The number of hydrogen-bond donors (Lipinski definition) is 0. The first-order chi connectivity index (χ1) is 11.8. The van der Waals surface area contributed by atoms with Crippen molar-refractivity contribution in [1.82, 2.24) is 14.5 Å². The van der Waals surface area contributed by atoms with E-state index in [0.29, 0.717) is 17.4 Å². The van der Waals surface area contributed by atoms with Crippen LogP contribution < -0.4 is 5.56 Å². The van der Waals surface area contributed by atoms with Gasteiger partial charge in [-0.15, -0.1) is 0 Å². The van der Waals surface area contributed by atoms with Gasteiger partial charge in [-0.05, 0) is 22.8 Å². The third-order valence-electron chi connectivity index (χ3n) is 4.04. The molecule has 116 valence electrons. The summed E-state index contributed by atoms with van der Waals surface area (Å²) in [5.74, 6) is 0. The summed E-state index contributed by atoms with van der Waals surface area (Å²) in [7, 11) is 0. The fourth-order valence-corrected chi connectivity index (χ4v) is 2.75. The molecule has 0 atom stereocenters. The first kappa shape index (κ1) is 14.3. The van der Waals surface area contributed by atoms with Crippen molar-refractivity contribution < 1.29 is 0 Å². The highest BCUT2D eigenvalue weighted by Gasteiger charge is 2.05. The molecule has 4 aromatic rings. The highest BCUT2D eigenvalue weighted by molar-refractivity contribution is 5.75. The van der Waals surface area contributed by atoms with Crippen molar-refractivity contribution in [3.8, 4) is 11.1 Å². The van der Waals surface area contributed by atoms with Crippen molar-refractivity contribution in [1.29, 1.82) is 0 Å². The number of benzene rings is 2. The van der Waals surface area contributed by atoms with Gasteiger partial charge in [0.05, 0.1) is 30.0 Å². The normalized spacial score (nSPS) is 10.8. The van der Waals surface area contributed by atoms with Crippen molar-refractivity contribution in [3.05, 3.63) is 95.3 Å². The van der Waals surface area contributed by atoms with E-state index in [1.807, 2.05) is 30.3 Å². The van der Waals surface area contributed by atoms with Gasteiger partial charge in [-0.1, -0.05) is 54.6 Å². The summed E-state index contributed by atoms with van der Waals surface area (Å²) in [6, 6.07) is 20.2. The van der Waals surface area contributed by atoms with Crippen LogP contribution in [-0.4, -0.2) is 14.5 Å². The van der Waals surface area contributed by atoms with Crippen LogP contribution in [0.2, 0.25) is 0 Å². The maximum atomic E-state index is 12.5. The Morgan fingerprint density at radius 2 is 1.62 bits per heavy atom. The molecule has 24 heavy (non-hydrogen) atoms. The number of hydrogen-bond acceptors (Lipinski definition) is 3. The summed E-state index contributed by atoms with van der Waals surface area (Å²) in [6.07, 6.45) is 4.80. The Kier molecular flexibility index (Phi) is 3.63. The lowest BCUT2D eigenvalue weighted by atomic mass is 10.0. The average Bonchev–Trinajstić information content (AvgIpc) is 2.66. The lowest BCUT2D eigenvalue weighted by Crippen LogP contribution is -2.21. The van der Waals surface area contributed by atoms with Crippen molar-refractivity contribution in [2.24, 2.45) is 0 Å². The maximum Gasteiger partial charge on any atom is 0.261 e. The zero-order valence-corrected chi connectivity index (χ0v) is 13.0. The van der Waals surface area contributed by atoms with Gasteiger partial charge in [0.2, 0.25) is 0 Å². The highest BCUT2D eigenvalue weighted by Crippen LogP contribution is 2.19. The summed E-state index contributed by atoms with van der Waals surface area (Å²) in [4.78, 5) is 20.8. The second kappa shape index (κ2) is 6.08. The smallest absolute Gasteiger partial charge is 0.261 e. The third-order valence-corrected chi connectivity index (χ3v) is 4.04. The van der Waals surface area contributed by atoms with Gasteiger partial charge in [-0.2, -0.15) is 0 Å². The first-order valence-corrected chi connectivity index (χ1v) is 7.75. The van der Waals surface area contributed by atoms with Crippen LogP contribution in [0.15, 0.2) is 84.2 Å². The van der Waals surface area contributed by atoms with Gasteiger partial charge in [0.15, 0.2) is 0 Å². The van der Waals surface area contributed by atoms with Crippen LogP contribution >= 0.6 is 0 Å². The van der Waals surface area contributed by atoms with E-state index < -0.39 is 0 Å². The minimum Gasteiger partial charge on any atom is -0.294 e. The van der Waals surface area contributed by atoms with Gasteiger partial charge < -0.3 is 0 Å². The van der Waals surface area contributed by atoms with Gasteiger partial charge in [0.25, 0.3) is 5.56 Å². The number of pyridine rings is 1. The van der Waals surface area contributed by atoms with Crippen LogP contribution in [-0.2, 0) is 6.54 Å². The summed E-state index contributed by atoms with van der Waals surface area (Å²) in [5.41, 5.74) is 3.98. The monoisotopic (exact) mass is 313 g/mol. The zero-order chi connectivity index (χ0) is 16.4. The molecule has 0 aliphatic carbocycles. The van der Waals surface area contributed by atoms with E-state index in [2.05, 4.69) is 34.2 Å². The van der Waals surface area contributed by atoms with Crippen molar-refractivity contribution in [2.45, 2.75) is 6.54 Å². The maximum absolute atomic E-state index is 12.5. The van der Waals surface area contributed by atoms with Crippen LogP contribution in [0.3, 0.4) is 0 Å². The number of rotatable bonds is 3. The van der Waals surface area contributed by atoms with Crippen LogP contribution in [0.25, 0.3) is 22.0 Å². The minimum atomic E-state index is -0.0467. The Balaban J connectivity index is 1.64. The number of fused-ring (bicyclic) bond motifs is 1. The van der Waals surface area contributed by atoms with Crippen LogP contribution in [0, 0.1) is 0 Å². The molecule has 2 aromatic carbocycles. The molecule has 0 fully saturated rings. The molecule has 2 heterocycles. The van der Waals surface area contributed by atoms with Gasteiger partial charge >= 0.3 is 0 Å². The standard InChI is InChI=1S/C20H15N3O/c24-20-18-10-11-21-12-19(18)22-14-23(20)13-15-6-8-17(9-7-15)16-4-2-1-3-5-16/h1-12,14H,13H2. The van der Waals surface area contributed by atoms with Crippen molar-refractivity contribution in [3.63, 3.8) is 0 Å². The van der Waals surface area contributed by atoms with Crippen LogP contribution in [0.5, 0.6) is 0 Å². The molecule has 0 bridgehead atoms. The molecule has 0 saturated carbocycles. The molecule has 0 N–H and O–H groups in total. The highest BCUT2D eigenvalue weighted by atomic mass is 16.1. The van der Waals surface area contributed by atoms with Gasteiger partial charge in [-0.3, -0.25) is 14.3 Å². The Morgan fingerprint density at radius 3 is 2.42 bits per heavy atom. The SMILES string of the molecule is O=c1c2ccncc2ncn1Cc1ccc(-c2ccccc2)cc1. The minimum absolute atomic E-state index is 0.0467. The predicted octanol–water partition coefficient (Wildman–Crippen LogP) is 3.51. The second-order valence-electron chi connectivity index (χ2n) is 5.63. The molecular weight excluding hydrogens is 298 g/mol. The second-order valence-corrected chi connectivity index (χ2v) is 5.63. The Morgan fingerprint density at radius 1 is 0.875 bits per heavy atom. The van der Waals surface area contributed by atoms with E-state index in [1.165, 1.54) is 5.56 Å². The molecular formula is C20H15N3O. The zero-order valence-electron chi connectivity index (χ0n) is 13.0. The topological polar surface area (TPSA) is 47.8 Å². The van der Waals surface area contributed by atoms with Gasteiger partial charge in [0, 0.05) is 6.20 Å². The number of aromatic nitrogens is 3. The molecule has 0 radical (unpaired) electrons. The molecule has 0 unspecified atom stereocenters. The van der Waals surface area contributed by atoms with Crippen molar-refractivity contribution in [2.75, 3.05) is 0 Å². The molecule has 0 aliphatic heterocycles. The third kappa shape index (κ3) is 2.70. The fourth-order valence-electron chi connectivity index (χ4n) is 2.75. The quantitative estimate of drug-likeness (QED) is 0.581. The Bertz CT molecular complexity index is 1040. The van der Waals surface area contributed by atoms with E-state index >= 15 is 0 Å². The summed E-state index contributed by atoms with van der Waals surface area (Å²) in [6.45, 7) is 0.499. The average molecular weight is 313 g/mol. The molecule has 0 saturated heterocycles. The van der Waals surface area contributed by atoms with Gasteiger partial charge in [-0.25, -0.2) is 4.98 Å². The molecule has 2 aromatic heterocycles. The predicted molar refractivity (Wildman–Crippen MR) is 94.8 cm³/mol. The number of nitrogens with zero attached hydrogens (tertiary/aromatic N) is 3. The Labute approximate surface area is 139 Å². The van der Waals surface area contributed by atoms with Crippen molar-refractivity contribution >= 4 is 10.9 Å².